The van der Waals surface area contributed by atoms with E-state index in [1.165, 1.54) is 11.8 Å². The first kappa shape index (κ1) is 18.7. The Morgan fingerprint density at radius 3 is 2.59 bits per heavy atom. The molecule has 0 saturated heterocycles. The highest BCUT2D eigenvalue weighted by Gasteiger charge is 2.28. The first-order chi connectivity index (χ1) is 12.9. The summed E-state index contributed by atoms with van der Waals surface area (Å²) in [5.41, 5.74) is 3.17. The first-order valence-corrected chi connectivity index (χ1v) is 9.16. The van der Waals surface area contributed by atoms with Crippen molar-refractivity contribution in [3.63, 3.8) is 0 Å². The van der Waals surface area contributed by atoms with E-state index in [1.807, 2.05) is 61.2 Å². The smallest absolute Gasteiger partial charge is 0.338 e. The highest BCUT2D eigenvalue weighted by Crippen LogP contribution is 2.46. The number of anilines is 1. The van der Waals surface area contributed by atoms with E-state index in [9.17, 15) is 14.9 Å². The van der Waals surface area contributed by atoms with Gasteiger partial charge in [-0.2, -0.15) is 5.26 Å². The molecule has 2 aromatic carbocycles. The topological polar surface area (TPSA) is 70.4 Å². The van der Waals surface area contributed by atoms with Crippen molar-refractivity contribution in [2.75, 3.05) is 18.6 Å². The number of rotatable bonds is 4. The molecule has 0 N–H and O–H groups in total. The van der Waals surface area contributed by atoms with Gasteiger partial charge in [0.05, 0.1) is 11.3 Å². The molecule has 1 aliphatic heterocycles. The molecule has 0 spiro atoms. The first-order valence-electron chi connectivity index (χ1n) is 8.35. The number of para-hydroxylation sites is 1. The number of hydrogen-bond donors (Lipinski definition) is 0. The Bertz CT molecular complexity index is 1000. The molecule has 0 atom stereocenters. The van der Waals surface area contributed by atoms with Crippen molar-refractivity contribution in [3.8, 4) is 6.07 Å². The Morgan fingerprint density at radius 2 is 1.93 bits per heavy atom. The Balaban J connectivity index is 1.75. The third-order valence-electron chi connectivity index (χ3n) is 4.28. The molecule has 0 aromatic heterocycles. The van der Waals surface area contributed by atoms with Gasteiger partial charge in [-0.15, -0.1) is 0 Å². The molecule has 3 rings (SSSR count). The summed E-state index contributed by atoms with van der Waals surface area (Å²) < 4.78 is 5.16. The van der Waals surface area contributed by atoms with E-state index in [0.717, 1.165) is 21.7 Å². The van der Waals surface area contributed by atoms with E-state index in [2.05, 4.69) is 0 Å². The van der Waals surface area contributed by atoms with Crippen LogP contribution in [0, 0.1) is 25.2 Å². The van der Waals surface area contributed by atoms with Crippen LogP contribution in [0.5, 0.6) is 0 Å². The summed E-state index contributed by atoms with van der Waals surface area (Å²) in [6.45, 7) is 3.28. The molecular weight excluding hydrogens is 360 g/mol. The fourth-order valence-corrected chi connectivity index (χ4v) is 4.04. The molecule has 5 nitrogen and oxygen atoms in total. The zero-order valence-electron chi connectivity index (χ0n) is 15.3. The van der Waals surface area contributed by atoms with Gasteiger partial charge in [-0.3, -0.25) is 4.79 Å². The Kier molecular flexibility index (Phi) is 5.33. The van der Waals surface area contributed by atoms with E-state index < -0.39 is 18.4 Å². The van der Waals surface area contributed by atoms with E-state index in [0.29, 0.717) is 10.6 Å². The molecule has 0 aliphatic carbocycles. The molecule has 0 radical (unpaired) electrons. The lowest BCUT2D eigenvalue weighted by molar-refractivity contribution is -0.118. The zero-order chi connectivity index (χ0) is 19.6. The monoisotopic (exact) mass is 378 g/mol. The number of esters is 1. The van der Waals surface area contributed by atoms with Crippen molar-refractivity contribution in [1.82, 2.24) is 0 Å². The van der Waals surface area contributed by atoms with Crippen LogP contribution in [-0.2, 0) is 9.53 Å². The maximum absolute atomic E-state index is 12.5. The van der Waals surface area contributed by atoms with Gasteiger partial charge in [0.15, 0.2) is 6.61 Å². The number of nitriles is 1. The number of carbonyl (C=O) groups excluding carboxylic acids is 2. The standard InChI is InChI=1S/C21H18N2O3S/c1-13-8-9-15(14(2)10-13)21(25)26-12-18(24)16(11-22)20-23(3)17-6-4-5-7-19(17)27-20/h4-10H,12H2,1-3H3/b20-16-. The second kappa shape index (κ2) is 7.68. The van der Waals surface area contributed by atoms with Gasteiger partial charge in [-0.1, -0.05) is 41.6 Å². The van der Waals surface area contributed by atoms with Crippen LogP contribution in [0.2, 0.25) is 0 Å². The van der Waals surface area contributed by atoms with Gasteiger partial charge in [0.2, 0.25) is 5.78 Å². The van der Waals surface area contributed by atoms with Crippen molar-refractivity contribution in [2.24, 2.45) is 0 Å². The lowest BCUT2D eigenvalue weighted by Crippen LogP contribution is -2.20. The largest absolute Gasteiger partial charge is 0.454 e. The molecule has 1 heterocycles. The average molecular weight is 378 g/mol. The quantitative estimate of drug-likeness (QED) is 0.455. The highest BCUT2D eigenvalue weighted by molar-refractivity contribution is 8.03. The van der Waals surface area contributed by atoms with Crippen LogP contribution in [0.4, 0.5) is 5.69 Å². The third-order valence-corrected chi connectivity index (χ3v) is 5.52. The second-order valence-corrected chi connectivity index (χ2v) is 7.27. The van der Waals surface area contributed by atoms with Crippen LogP contribution < -0.4 is 4.90 Å². The predicted octanol–water partition coefficient (Wildman–Crippen LogP) is 4.01. The summed E-state index contributed by atoms with van der Waals surface area (Å²) in [6, 6.07) is 15.0. The average Bonchev–Trinajstić information content (AvgIpc) is 2.97. The summed E-state index contributed by atoms with van der Waals surface area (Å²) in [5.74, 6) is -1.09. The number of ether oxygens (including phenoxy) is 1. The normalized spacial score (nSPS) is 14.4. The number of fused-ring (bicyclic) bond motifs is 1. The molecular formula is C21H18N2O3S. The molecule has 0 bridgehead atoms. The molecule has 136 valence electrons. The van der Waals surface area contributed by atoms with Crippen LogP contribution in [0.3, 0.4) is 0 Å². The maximum atomic E-state index is 12.5. The summed E-state index contributed by atoms with van der Waals surface area (Å²) in [4.78, 5) is 27.6. The van der Waals surface area contributed by atoms with E-state index in [4.69, 9.17) is 4.74 Å². The number of hydrogen-bond acceptors (Lipinski definition) is 6. The molecule has 27 heavy (non-hydrogen) atoms. The van der Waals surface area contributed by atoms with E-state index >= 15 is 0 Å². The lowest BCUT2D eigenvalue weighted by Gasteiger charge is -2.14. The predicted molar refractivity (Wildman–Crippen MR) is 105 cm³/mol. The summed E-state index contributed by atoms with van der Waals surface area (Å²) in [7, 11) is 1.81. The second-order valence-electron chi connectivity index (χ2n) is 6.24. The van der Waals surface area contributed by atoms with Crippen molar-refractivity contribution >= 4 is 29.2 Å². The summed E-state index contributed by atoms with van der Waals surface area (Å²) in [5, 5.41) is 10.0. The number of carbonyl (C=O) groups is 2. The van der Waals surface area contributed by atoms with Gasteiger partial charge >= 0.3 is 5.97 Å². The van der Waals surface area contributed by atoms with Gasteiger partial charge in [0.25, 0.3) is 0 Å². The van der Waals surface area contributed by atoms with Crippen LogP contribution >= 0.6 is 11.8 Å². The SMILES string of the molecule is Cc1ccc(C(=O)OCC(=O)/C(C#N)=C2\Sc3ccccc3N2C)c(C)c1. The fraction of sp³-hybridized carbons (Fsp3) is 0.190. The summed E-state index contributed by atoms with van der Waals surface area (Å²) in [6.07, 6.45) is 0. The third kappa shape index (κ3) is 3.74. The van der Waals surface area contributed by atoms with Gasteiger partial charge in [0, 0.05) is 11.9 Å². The number of aryl methyl sites for hydroxylation is 2. The van der Waals surface area contributed by atoms with Crippen molar-refractivity contribution in [2.45, 2.75) is 18.7 Å². The highest BCUT2D eigenvalue weighted by atomic mass is 32.2. The molecule has 0 saturated carbocycles. The minimum atomic E-state index is -0.571. The summed E-state index contributed by atoms with van der Waals surface area (Å²) >= 11 is 1.36. The van der Waals surface area contributed by atoms with Gasteiger partial charge in [-0.25, -0.2) is 4.79 Å². The van der Waals surface area contributed by atoms with Gasteiger partial charge in [-0.05, 0) is 37.6 Å². The molecule has 0 amide bonds. The molecule has 1 aliphatic rings. The van der Waals surface area contributed by atoms with Crippen LogP contribution in [0.1, 0.15) is 21.5 Å². The van der Waals surface area contributed by atoms with Crippen molar-refractivity contribution < 1.29 is 14.3 Å². The zero-order valence-corrected chi connectivity index (χ0v) is 16.1. The number of ketones is 1. The fourth-order valence-electron chi connectivity index (χ4n) is 2.87. The lowest BCUT2D eigenvalue weighted by atomic mass is 10.1. The minimum absolute atomic E-state index is 0.00729. The van der Waals surface area contributed by atoms with E-state index in [-0.39, 0.29) is 5.57 Å². The number of benzene rings is 2. The Morgan fingerprint density at radius 1 is 1.19 bits per heavy atom. The number of thioether (sulfide) groups is 1. The Labute approximate surface area is 162 Å². The Hall–Kier alpha value is -3.04. The van der Waals surface area contributed by atoms with Gasteiger partial charge in [0.1, 0.15) is 16.7 Å². The number of Topliss-reactive ketones (excluding diaryl/α,β-unsaturated/α-hetero) is 1. The van der Waals surface area contributed by atoms with Crippen molar-refractivity contribution in [1.29, 1.82) is 5.26 Å². The number of nitrogens with zero attached hydrogens (tertiary/aromatic N) is 2. The van der Waals surface area contributed by atoms with Crippen LogP contribution in [0.15, 0.2) is 58.0 Å². The minimum Gasteiger partial charge on any atom is -0.454 e. The van der Waals surface area contributed by atoms with Crippen molar-refractivity contribution in [3.05, 3.63) is 69.8 Å². The molecule has 0 fully saturated rings. The molecule has 6 heteroatoms. The maximum Gasteiger partial charge on any atom is 0.338 e. The molecule has 2 aromatic rings. The van der Waals surface area contributed by atoms with Gasteiger partial charge < -0.3 is 9.64 Å². The van der Waals surface area contributed by atoms with Crippen LogP contribution in [-0.4, -0.2) is 25.4 Å². The van der Waals surface area contributed by atoms with E-state index in [1.54, 1.807) is 13.1 Å². The van der Waals surface area contributed by atoms with Crippen LogP contribution in [0.25, 0.3) is 0 Å². The molecule has 0 unspecified atom stereocenters.